The van der Waals surface area contributed by atoms with Gasteiger partial charge in [-0.1, -0.05) is 48.9 Å². The molecule has 0 amide bonds. The first-order chi connectivity index (χ1) is 7.36. The van der Waals surface area contributed by atoms with Gasteiger partial charge in [-0.25, -0.2) is 0 Å². The molecule has 0 saturated carbocycles. The molecule has 0 saturated heterocycles. The molecular formula is C15H16. The molecule has 0 aliphatic heterocycles. The first-order valence-electron chi connectivity index (χ1n) is 5.81. The van der Waals surface area contributed by atoms with Crippen LogP contribution < -0.4 is 0 Å². The minimum Gasteiger partial charge on any atom is -0.0841 e. The Morgan fingerprint density at radius 3 is 2.80 bits per heavy atom. The predicted octanol–water partition coefficient (Wildman–Crippen LogP) is 4.30. The van der Waals surface area contributed by atoms with Crippen molar-refractivity contribution in [1.29, 1.82) is 0 Å². The number of fused-ring (bicyclic) bond motifs is 2. The molecule has 0 radical (unpaired) electrons. The van der Waals surface area contributed by atoms with Gasteiger partial charge >= 0.3 is 0 Å². The zero-order valence-electron chi connectivity index (χ0n) is 9.16. The Morgan fingerprint density at radius 1 is 1.07 bits per heavy atom. The van der Waals surface area contributed by atoms with Crippen LogP contribution in [-0.4, -0.2) is 0 Å². The van der Waals surface area contributed by atoms with Crippen LogP contribution in [0.15, 0.2) is 42.0 Å². The van der Waals surface area contributed by atoms with Crippen LogP contribution in [0.4, 0.5) is 0 Å². The van der Waals surface area contributed by atoms with Gasteiger partial charge in [0.25, 0.3) is 0 Å². The van der Waals surface area contributed by atoms with Crippen molar-refractivity contribution in [3.63, 3.8) is 0 Å². The minimum absolute atomic E-state index is 0.700. The maximum Gasteiger partial charge on any atom is -0.00916 e. The average Bonchev–Trinajstić information content (AvgIpc) is 2.30. The summed E-state index contributed by atoms with van der Waals surface area (Å²) in [6.45, 7) is 2.35. The lowest BCUT2D eigenvalue weighted by Gasteiger charge is -2.29. The largest absolute Gasteiger partial charge is 0.0841 e. The van der Waals surface area contributed by atoms with Crippen molar-refractivity contribution in [1.82, 2.24) is 0 Å². The first-order valence-corrected chi connectivity index (χ1v) is 5.81. The van der Waals surface area contributed by atoms with E-state index in [1.807, 2.05) is 0 Å². The zero-order valence-corrected chi connectivity index (χ0v) is 9.16. The lowest BCUT2D eigenvalue weighted by Crippen LogP contribution is -2.10. The van der Waals surface area contributed by atoms with Crippen LogP contribution >= 0.6 is 0 Å². The van der Waals surface area contributed by atoms with E-state index in [-0.39, 0.29) is 0 Å². The number of benzene rings is 1. The van der Waals surface area contributed by atoms with E-state index in [0.29, 0.717) is 5.92 Å². The Bertz CT molecular complexity index is 449. The number of hydrogen-bond donors (Lipinski definition) is 0. The van der Waals surface area contributed by atoms with Gasteiger partial charge in [0, 0.05) is 0 Å². The molecule has 0 bridgehead atoms. The van der Waals surface area contributed by atoms with E-state index < -0.39 is 0 Å². The van der Waals surface area contributed by atoms with Gasteiger partial charge in [0.2, 0.25) is 0 Å². The van der Waals surface area contributed by atoms with Gasteiger partial charge in [0.1, 0.15) is 0 Å². The highest BCUT2D eigenvalue weighted by Crippen LogP contribution is 2.42. The lowest BCUT2D eigenvalue weighted by atomic mass is 9.76. The van der Waals surface area contributed by atoms with Crippen molar-refractivity contribution >= 4 is 5.57 Å². The Kier molecular flexibility index (Phi) is 2.02. The molecule has 1 unspecified atom stereocenters. The van der Waals surface area contributed by atoms with E-state index in [1.165, 1.54) is 18.4 Å². The van der Waals surface area contributed by atoms with Crippen molar-refractivity contribution in [2.24, 2.45) is 0 Å². The van der Waals surface area contributed by atoms with Crippen LogP contribution in [0.25, 0.3) is 5.57 Å². The fourth-order valence-corrected chi connectivity index (χ4v) is 2.88. The van der Waals surface area contributed by atoms with E-state index in [2.05, 4.69) is 43.3 Å². The minimum atomic E-state index is 0.700. The molecule has 76 valence electrons. The second-order valence-corrected chi connectivity index (χ2v) is 4.65. The summed E-state index contributed by atoms with van der Waals surface area (Å²) in [7, 11) is 0. The molecule has 0 fully saturated rings. The lowest BCUT2D eigenvalue weighted by molar-refractivity contribution is 0.719. The molecule has 2 aliphatic carbocycles. The molecule has 0 N–H and O–H groups in total. The van der Waals surface area contributed by atoms with Crippen molar-refractivity contribution in [2.75, 3.05) is 0 Å². The highest BCUT2D eigenvalue weighted by Gasteiger charge is 2.23. The van der Waals surface area contributed by atoms with Gasteiger partial charge in [-0.2, -0.15) is 0 Å². The highest BCUT2D eigenvalue weighted by molar-refractivity contribution is 5.75. The number of rotatable bonds is 0. The third-order valence-corrected chi connectivity index (χ3v) is 3.65. The summed E-state index contributed by atoms with van der Waals surface area (Å²) in [4.78, 5) is 0. The van der Waals surface area contributed by atoms with Gasteiger partial charge in [0.05, 0.1) is 0 Å². The third-order valence-electron chi connectivity index (χ3n) is 3.65. The molecule has 15 heavy (non-hydrogen) atoms. The second-order valence-electron chi connectivity index (χ2n) is 4.65. The Morgan fingerprint density at radius 2 is 1.87 bits per heavy atom. The van der Waals surface area contributed by atoms with Gasteiger partial charge in [-0.05, 0) is 41.9 Å². The Labute approximate surface area is 91.3 Å². The maximum absolute atomic E-state index is 2.35. The van der Waals surface area contributed by atoms with Crippen LogP contribution in [-0.2, 0) is 0 Å². The summed E-state index contributed by atoms with van der Waals surface area (Å²) in [5.41, 5.74) is 6.33. The van der Waals surface area contributed by atoms with E-state index in [4.69, 9.17) is 0 Å². The summed E-state index contributed by atoms with van der Waals surface area (Å²) in [6.07, 6.45) is 8.20. The van der Waals surface area contributed by atoms with E-state index >= 15 is 0 Å². The molecule has 0 nitrogen and oxygen atoms in total. The molecule has 0 spiro atoms. The van der Waals surface area contributed by atoms with Crippen LogP contribution in [0.3, 0.4) is 0 Å². The third kappa shape index (κ3) is 1.36. The fraction of sp³-hybridized carbons (Fsp3) is 0.333. The van der Waals surface area contributed by atoms with Gasteiger partial charge < -0.3 is 0 Å². The SMILES string of the molecule is CC1CC2=C(CC=CC2)c2ccccc21. The molecular weight excluding hydrogens is 180 g/mol. The molecule has 1 aromatic rings. The van der Waals surface area contributed by atoms with Crippen LogP contribution in [0.2, 0.25) is 0 Å². The quantitative estimate of drug-likeness (QED) is 0.543. The molecule has 0 heterocycles. The van der Waals surface area contributed by atoms with Crippen molar-refractivity contribution < 1.29 is 0 Å². The summed E-state index contributed by atoms with van der Waals surface area (Å²) >= 11 is 0. The molecule has 3 rings (SSSR count). The summed E-state index contributed by atoms with van der Waals surface area (Å²) < 4.78 is 0. The maximum atomic E-state index is 2.35. The van der Waals surface area contributed by atoms with E-state index in [1.54, 1.807) is 16.7 Å². The second kappa shape index (κ2) is 3.37. The molecule has 1 aromatic carbocycles. The molecule has 1 atom stereocenters. The predicted molar refractivity (Wildman–Crippen MR) is 64.8 cm³/mol. The summed E-state index contributed by atoms with van der Waals surface area (Å²) in [5, 5.41) is 0. The number of hydrogen-bond acceptors (Lipinski definition) is 0. The van der Waals surface area contributed by atoms with E-state index in [0.717, 1.165) is 6.42 Å². The first kappa shape index (κ1) is 8.96. The Hall–Kier alpha value is -1.30. The molecule has 2 aliphatic rings. The highest BCUT2D eigenvalue weighted by atomic mass is 14.3. The molecule has 0 aromatic heterocycles. The summed E-state index contributed by atoms with van der Waals surface area (Å²) in [6, 6.07) is 8.92. The van der Waals surface area contributed by atoms with Gasteiger partial charge in [0.15, 0.2) is 0 Å². The van der Waals surface area contributed by atoms with Crippen molar-refractivity contribution in [3.05, 3.63) is 53.1 Å². The van der Waals surface area contributed by atoms with Crippen LogP contribution in [0, 0.1) is 0 Å². The average molecular weight is 196 g/mol. The normalized spacial score (nSPS) is 23.7. The van der Waals surface area contributed by atoms with Crippen LogP contribution in [0.5, 0.6) is 0 Å². The van der Waals surface area contributed by atoms with Crippen molar-refractivity contribution in [2.45, 2.75) is 32.1 Å². The fourth-order valence-electron chi connectivity index (χ4n) is 2.88. The zero-order chi connectivity index (χ0) is 10.3. The topological polar surface area (TPSA) is 0 Å². The smallest absolute Gasteiger partial charge is 0.00916 e. The number of allylic oxidation sites excluding steroid dienone is 4. The van der Waals surface area contributed by atoms with E-state index in [9.17, 15) is 0 Å². The monoisotopic (exact) mass is 196 g/mol. The van der Waals surface area contributed by atoms with Gasteiger partial charge in [-0.15, -0.1) is 0 Å². The summed E-state index contributed by atoms with van der Waals surface area (Å²) in [5.74, 6) is 0.700. The Balaban J connectivity index is 2.17. The van der Waals surface area contributed by atoms with Crippen LogP contribution in [0.1, 0.15) is 43.2 Å². The van der Waals surface area contributed by atoms with Crippen molar-refractivity contribution in [3.8, 4) is 0 Å². The van der Waals surface area contributed by atoms with Gasteiger partial charge in [-0.3, -0.25) is 0 Å². The molecule has 0 heteroatoms. The standard InChI is InChI=1S/C15H16/c1-11-10-12-6-2-3-8-14(12)15-9-5-4-7-13(11)15/h2-5,7,9,11H,6,8,10H2,1H3.